The lowest BCUT2D eigenvalue weighted by atomic mass is 10.1. The molecule has 1 aromatic rings. The predicted molar refractivity (Wildman–Crippen MR) is 52.4 cm³/mol. The van der Waals surface area contributed by atoms with Crippen LogP contribution >= 0.6 is 0 Å². The van der Waals surface area contributed by atoms with Crippen molar-refractivity contribution in [3.05, 3.63) is 33.9 Å². The van der Waals surface area contributed by atoms with Crippen molar-refractivity contribution in [3.63, 3.8) is 0 Å². The molecule has 0 aromatic heterocycles. The van der Waals surface area contributed by atoms with Crippen molar-refractivity contribution in [2.75, 3.05) is 0 Å². The van der Waals surface area contributed by atoms with Gasteiger partial charge in [-0.2, -0.15) is 0 Å². The first kappa shape index (κ1) is 13.2. The van der Waals surface area contributed by atoms with Crippen LogP contribution in [0.4, 0.5) is 18.9 Å². The molecule has 1 aromatic carbocycles. The lowest BCUT2D eigenvalue weighted by molar-refractivity contribution is -0.385. The van der Waals surface area contributed by atoms with E-state index in [0.29, 0.717) is 0 Å². The average Bonchev–Trinajstić information content (AvgIpc) is 2.14. The van der Waals surface area contributed by atoms with Crippen LogP contribution in [0.25, 0.3) is 0 Å². The molecule has 0 saturated heterocycles. The smallest absolute Gasteiger partial charge is 0.405 e. The standard InChI is InChI=1S/C9H9F3N2O3/c1-5(13)7-4-6(14(15)16)2-3-8(7)17-9(10,11)12/h2-5H,13H2,1H3. The van der Waals surface area contributed by atoms with Gasteiger partial charge in [0, 0.05) is 23.7 Å². The summed E-state index contributed by atoms with van der Waals surface area (Å²) >= 11 is 0. The molecule has 0 radical (unpaired) electrons. The molecule has 2 N–H and O–H groups in total. The number of hydrogen-bond donors (Lipinski definition) is 1. The molecule has 0 amide bonds. The van der Waals surface area contributed by atoms with Crippen molar-refractivity contribution in [1.29, 1.82) is 0 Å². The summed E-state index contributed by atoms with van der Waals surface area (Å²) in [5.41, 5.74) is 5.02. The minimum absolute atomic E-state index is 0.0727. The summed E-state index contributed by atoms with van der Waals surface area (Å²) < 4.78 is 39.9. The third kappa shape index (κ3) is 3.59. The first-order valence-corrected chi connectivity index (χ1v) is 4.50. The number of non-ortho nitro benzene ring substituents is 1. The molecule has 1 unspecified atom stereocenters. The second-order valence-corrected chi connectivity index (χ2v) is 3.32. The highest BCUT2D eigenvalue weighted by molar-refractivity contribution is 5.45. The normalized spacial score (nSPS) is 13.2. The number of alkyl halides is 3. The van der Waals surface area contributed by atoms with E-state index in [1.165, 1.54) is 6.92 Å². The van der Waals surface area contributed by atoms with Gasteiger partial charge in [0.1, 0.15) is 5.75 Å². The topological polar surface area (TPSA) is 78.4 Å². The Morgan fingerprint density at radius 1 is 1.47 bits per heavy atom. The summed E-state index contributed by atoms with van der Waals surface area (Å²) in [6, 6.07) is 1.95. The second kappa shape index (κ2) is 4.58. The summed E-state index contributed by atoms with van der Waals surface area (Å²) in [7, 11) is 0. The zero-order valence-electron chi connectivity index (χ0n) is 8.69. The molecule has 8 heteroatoms. The van der Waals surface area contributed by atoms with Crippen molar-refractivity contribution >= 4 is 5.69 Å². The van der Waals surface area contributed by atoms with Crippen molar-refractivity contribution in [1.82, 2.24) is 0 Å². The highest BCUT2D eigenvalue weighted by Crippen LogP contribution is 2.32. The third-order valence-corrected chi connectivity index (χ3v) is 1.92. The van der Waals surface area contributed by atoms with Crippen LogP contribution in [0.3, 0.4) is 0 Å². The zero-order valence-corrected chi connectivity index (χ0v) is 8.69. The van der Waals surface area contributed by atoms with Gasteiger partial charge in [-0.05, 0) is 13.0 Å². The van der Waals surface area contributed by atoms with Crippen LogP contribution in [0.5, 0.6) is 5.75 Å². The minimum atomic E-state index is -4.86. The number of halogens is 3. The molecule has 1 atom stereocenters. The number of nitro benzene ring substituents is 1. The van der Waals surface area contributed by atoms with E-state index >= 15 is 0 Å². The Labute approximate surface area is 94.1 Å². The number of rotatable bonds is 3. The Balaban J connectivity index is 3.18. The van der Waals surface area contributed by atoms with Crippen molar-refractivity contribution < 1.29 is 22.8 Å². The molecule has 17 heavy (non-hydrogen) atoms. The maximum absolute atomic E-state index is 12.0. The largest absolute Gasteiger partial charge is 0.573 e. The average molecular weight is 250 g/mol. The van der Waals surface area contributed by atoms with E-state index in [2.05, 4.69) is 4.74 Å². The Kier molecular flexibility index (Phi) is 3.56. The van der Waals surface area contributed by atoms with Crippen LogP contribution in [0.15, 0.2) is 18.2 Å². The van der Waals surface area contributed by atoms with Crippen molar-refractivity contribution in [3.8, 4) is 5.75 Å². The van der Waals surface area contributed by atoms with E-state index < -0.39 is 23.1 Å². The monoisotopic (exact) mass is 250 g/mol. The molecule has 0 saturated carbocycles. The fourth-order valence-electron chi connectivity index (χ4n) is 1.22. The number of nitro groups is 1. The minimum Gasteiger partial charge on any atom is -0.405 e. The Morgan fingerprint density at radius 3 is 2.47 bits per heavy atom. The van der Waals surface area contributed by atoms with Gasteiger partial charge in [-0.3, -0.25) is 10.1 Å². The second-order valence-electron chi connectivity index (χ2n) is 3.32. The number of ether oxygens (including phenoxy) is 1. The van der Waals surface area contributed by atoms with E-state index in [-0.39, 0.29) is 11.3 Å². The first-order valence-electron chi connectivity index (χ1n) is 4.50. The van der Waals surface area contributed by atoms with Crippen LogP contribution in [-0.4, -0.2) is 11.3 Å². The van der Waals surface area contributed by atoms with Gasteiger partial charge in [0.2, 0.25) is 0 Å². The van der Waals surface area contributed by atoms with E-state index in [1.807, 2.05) is 0 Å². The molecule has 0 aliphatic carbocycles. The Bertz CT molecular complexity index is 432. The van der Waals surface area contributed by atoms with Crippen LogP contribution in [0, 0.1) is 10.1 Å². The maximum atomic E-state index is 12.0. The fourth-order valence-corrected chi connectivity index (χ4v) is 1.22. The number of hydrogen-bond acceptors (Lipinski definition) is 4. The van der Waals surface area contributed by atoms with Crippen molar-refractivity contribution in [2.24, 2.45) is 5.73 Å². The van der Waals surface area contributed by atoms with Gasteiger partial charge in [-0.15, -0.1) is 13.2 Å². The quantitative estimate of drug-likeness (QED) is 0.660. The van der Waals surface area contributed by atoms with E-state index in [4.69, 9.17) is 5.73 Å². The molecule has 94 valence electrons. The van der Waals surface area contributed by atoms with Gasteiger partial charge in [0.15, 0.2) is 0 Å². The summed E-state index contributed by atoms with van der Waals surface area (Å²) in [5.74, 6) is -0.530. The molecular formula is C9H9F3N2O3. The lowest BCUT2D eigenvalue weighted by Crippen LogP contribution is -2.19. The summed E-state index contributed by atoms with van der Waals surface area (Å²) in [4.78, 5) is 9.75. The maximum Gasteiger partial charge on any atom is 0.573 e. The van der Waals surface area contributed by atoms with Gasteiger partial charge in [-0.25, -0.2) is 0 Å². The number of nitrogens with two attached hydrogens (primary N) is 1. The van der Waals surface area contributed by atoms with Gasteiger partial charge >= 0.3 is 6.36 Å². The molecule has 0 aliphatic rings. The number of nitrogens with zero attached hydrogens (tertiary/aromatic N) is 1. The molecule has 0 bridgehead atoms. The van der Waals surface area contributed by atoms with Gasteiger partial charge in [-0.1, -0.05) is 0 Å². The predicted octanol–water partition coefficient (Wildman–Crippen LogP) is 2.51. The SMILES string of the molecule is CC(N)c1cc([N+](=O)[O-])ccc1OC(F)(F)F. The highest BCUT2D eigenvalue weighted by atomic mass is 19.4. The van der Waals surface area contributed by atoms with Crippen LogP contribution in [0.1, 0.15) is 18.5 Å². The van der Waals surface area contributed by atoms with E-state index in [9.17, 15) is 23.3 Å². The summed E-state index contributed by atoms with van der Waals surface area (Å²) in [6.07, 6.45) is -4.86. The molecule has 0 fully saturated rings. The Hall–Kier alpha value is -1.83. The van der Waals surface area contributed by atoms with Gasteiger partial charge in [0.05, 0.1) is 4.92 Å². The van der Waals surface area contributed by atoms with E-state index in [0.717, 1.165) is 18.2 Å². The fraction of sp³-hybridized carbons (Fsp3) is 0.333. The van der Waals surface area contributed by atoms with Gasteiger partial charge < -0.3 is 10.5 Å². The molecule has 5 nitrogen and oxygen atoms in total. The highest BCUT2D eigenvalue weighted by Gasteiger charge is 2.32. The Morgan fingerprint density at radius 2 is 2.06 bits per heavy atom. The van der Waals surface area contributed by atoms with E-state index in [1.54, 1.807) is 0 Å². The third-order valence-electron chi connectivity index (χ3n) is 1.92. The molecule has 1 rings (SSSR count). The molecular weight excluding hydrogens is 241 g/mol. The van der Waals surface area contributed by atoms with Crippen LogP contribution in [0.2, 0.25) is 0 Å². The van der Waals surface area contributed by atoms with Crippen LogP contribution < -0.4 is 10.5 Å². The zero-order chi connectivity index (χ0) is 13.2. The summed E-state index contributed by atoms with van der Waals surface area (Å²) in [6.45, 7) is 1.41. The lowest BCUT2D eigenvalue weighted by Gasteiger charge is -2.14. The molecule has 0 heterocycles. The van der Waals surface area contributed by atoms with Crippen molar-refractivity contribution in [2.45, 2.75) is 19.3 Å². The molecule has 0 spiro atoms. The molecule has 0 aliphatic heterocycles. The first-order chi connectivity index (χ1) is 7.70. The number of benzene rings is 1. The van der Waals surface area contributed by atoms with Crippen LogP contribution in [-0.2, 0) is 0 Å². The summed E-state index contributed by atoms with van der Waals surface area (Å²) in [5, 5.41) is 10.5. The van der Waals surface area contributed by atoms with Gasteiger partial charge in [0.25, 0.3) is 5.69 Å².